The van der Waals surface area contributed by atoms with Gasteiger partial charge in [0, 0.05) is 26.2 Å². The zero-order valence-corrected chi connectivity index (χ0v) is 11.1. The third kappa shape index (κ3) is 4.64. The summed E-state index contributed by atoms with van der Waals surface area (Å²) in [6.45, 7) is 4.19. The van der Waals surface area contributed by atoms with Gasteiger partial charge >= 0.3 is 0 Å². The van der Waals surface area contributed by atoms with Gasteiger partial charge in [-0.2, -0.15) is 0 Å². The van der Waals surface area contributed by atoms with Crippen molar-refractivity contribution < 1.29 is 9.90 Å². The minimum Gasteiger partial charge on any atom is -0.396 e. The maximum Gasteiger partial charge on any atom is 0.226 e. The Morgan fingerprint density at radius 3 is 2.82 bits per heavy atom. The summed E-state index contributed by atoms with van der Waals surface area (Å²) in [6, 6.07) is 0.302. The predicted molar refractivity (Wildman–Crippen MR) is 68.8 cm³/mol. The first-order valence-electron chi connectivity index (χ1n) is 6.76. The maximum atomic E-state index is 12.2. The second kappa shape index (κ2) is 7.67. The number of carbonyl (C=O) groups excluding carboxylic acids is 1. The standard InChI is InChI=1S/C13H26N2O2/c1-11-12(7-6-8-14-11)13(17)15(2)9-4-3-5-10-16/h11-12,14,16H,3-10H2,1-2H3. The lowest BCUT2D eigenvalue weighted by Crippen LogP contribution is -2.47. The molecular weight excluding hydrogens is 216 g/mol. The SMILES string of the molecule is CC1NCCCC1C(=O)N(C)CCCCCO. The van der Waals surface area contributed by atoms with Crippen LogP contribution >= 0.6 is 0 Å². The molecule has 17 heavy (non-hydrogen) atoms. The van der Waals surface area contributed by atoms with Crippen LogP contribution < -0.4 is 5.32 Å². The molecule has 0 radical (unpaired) electrons. The molecule has 1 rings (SSSR count). The molecule has 4 heteroatoms. The average Bonchev–Trinajstić information content (AvgIpc) is 2.34. The van der Waals surface area contributed by atoms with Gasteiger partial charge in [0.05, 0.1) is 5.92 Å². The van der Waals surface area contributed by atoms with Crippen molar-refractivity contribution in [3.63, 3.8) is 0 Å². The van der Waals surface area contributed by atoms with Crippen LogP contribution in [-0.4, -0.2) is 48.7 Å². The fourth-order valence-electron chi connectivity index (χ4n) is 2.41. The van der Waals surface area contributed by atoms with Crippen molar-refractivity contribution in [1.82, 2.24) is 10.2 Å². The quantitative estimate of drug-likeness (QED) is 0.683. The molecule has 4 nitrogen and oxygen atoms in total. The van der Waals surface area contributed by atoms with E-state index >= 15 is 0 Å². The van der Waals surface area contributed by atoms with E-state index in [2.05, 4.69) is 12.2 Å². The molecule has 0 aromatic heterocycles. The highest BCUT2D eigenvalue weighted by Crippen LogP contribution is 2.18. The van der Waals surface area contributed by atoms with Crippen molar-refractivity contribution >= 4 is 5.91 Å². The van der Waals surface area contributed by atoms with E-state index in [0.717, 1.165) is 45.2 Å². The van der Waals surface area contributed by atoms with Crippen LogP contribution in [0.1, 0.15) is 39.0 Å². The summed E-state index contributed by atoms with van der Waals surface area (Å²) < 4.78 is 0. The van der Waals surface area contributed by atoms with Gasteiger partial charge in [-0.15, -0.1) is 0 Å². The third-order valence-electron chi connectivity index (χ3n) is 3.61. The Morgan fingerprint density at radius 2 is 2.18 bits per heavy atom. The van der Waals surface area contributed by atoms with Crippen LogP contribution in [-0.2, 0) is 4.79 Å². The molecule has 0 aromatic rings. The molecule has 1 aliphatic heterocycles. The number of aliphatic hydroxyl groups is 1. The van der Waals surface area contributed by atoms with Gasteiger partial charge in [-0.05, 0) is 45.6 Å². The molecule has 1 aliphatic rings. The highest BCUT2D eigenvalue weighted by Gasteiger charge is 2.29. The van der Waals surface area contributed by atoms with Gasteiger partial charge < -0.3 is 15.3 Å². The molecule has 0 aromatic carbocycles. The van der Waals surface area contributed by atoms with Crippen molar-refractivity contribution in [2.24, 2.45) is 5.92 Å². The number of hydrogen-bond donors (Lipinski definition) is 2. The van der Waals surface area contributed by atoms with Crippen molar-refractivity contribution in [3.8, 4) is 0 Å². The molecule has 100 valence electrons. The van der Waals surface area contributed by atoms with Crippen LogP contribution in [0.3, 0.4) is 0 Å². The van der Waals surface area contributed by atoms with Crippen LogP contribution in [0.25, 0.3) is 0 Å². The number of nitrogens with zero attached hydrogens (tertiary/aromatic N) is 1. The van der Waals surface area contributed by atoms with E-state index in [4.69, 9.17) is 5.11 Å². The van der Waals surface area contributed by atoms with E-state index in [1.807, 2.05) is 11.9 Å². The fourth-order valence-corrected chi connectivity index (χ4v) is 2.41. The molecule has 1 saturated heterocycles. The Balaban J connectivity index is 2.29. The summed E-state index contributed by atoms with van der Waals surface area (Å²) in [5.41, 5.74) is 0. The lowest BCUT2D eigenvalue weighted by molar-refractivity contribution is -0.135. The van der Waals surface area contributed by atoms with Crippen molar-refractivity contribution in [1.29, 1.82) is 0 Å². The Bertz CT molecular complexity index is 233. The van der Waals surface area contributed by atoms with Crippen molar-refractivity contribution in [2.75, 3.05) is 26.7 Å². The van der Waals surface area contributed by atoms with Gasteiger partial charge in [0.1, 0.15) is 0 Å². The van der Waals surface area contributed by atoms with Crippen LogP contribution in [0.15, 0.2) is 0 Å². The highest BCUT2D eigenvalue weighted by atomic mass is 16.2. The molecule has 1 fully saturated rings. The van der Waals surface area contributed by atoms with Crippen LogP contribution in [0.4, 0.5) is 0 Å². The van der Waals surface area contributed by atoms with Gasteiger partial charge in [0.15, 0.2) is 0 Å². The zero-order valence-electron chi connectivity index (χ0n) is 11.1. The molecule has 2 N–H and O–H groups in total. The topological polar surface area (TPSA) is 52.6 Å². The first-order valence-corrected chi connectivity index (χ1v) is 6.76. The fraction of sp³-hybridized carbons (Fsp3) is 0.923. The largest absolute Gasteiger partial charge is 0.396 e. The molecule has 0 saturated carbocycles. The number of amides is 1. The van der Waals surface area contributed by atoms with E-state index in [9.17, 15) is 4.79 Å². The van der Waals surface area contributed by atoms with Crippen molar-refractivity contribution in [2.45, 2.75) is 45.1 Å². The van der Waals surface area contributed by atoms with Crippen LogP contribution in [0.2, 0.25) is 0 Å². The summed E-state index contributed by atoms with van der Waals surface area (Å²) in [6.07, 6.45) is 4.92. The van der Waals surface area contributed by atoms with Crippen molar-refractivity contribution in [3.05, 3.63) is 0 Å². The second-order valence-electron chi connectivity index (χ2n) is 5.04. The number of nitrogens with one attached hydrogen (secondary N) is 1. The molecular formula is C13H26N2O2. The van der Waals surface area contributed by atoms with E-state index in [-0.39, 0.29) is 18.4 Å². The third-order valence-corrected chi connectivity index (χ3v) is 3.61. The summed E-state index contributed by atoms with van der Waals surface area (Å²) in [5, 5.41) is 12.1. The number of hydrogen-bond acceptors (Lipinski definition) is 3. The molecule has 2 atom stereocenters. The molecule has 2 unspecified atom stereocenters. The van der Waals surface area contributed by atoms with E-state index in [1.165, 1.54) is 0 Å². The zero-order chi connectivity index (χ0) is 12.7. The van der Waals surface area contributed by atoms with Crippen LogP contribution in [0.5, 0.6) is 0 Å². The number of aliphatic hydroxyl groups excluding tert-OH is 1. The first kappa shape index (κ1) is 14.5. The lowest BCUT2D eigenvalue weighted by Gasteiger charge is -2.32. The van der Waals surface area contributed by atoms with Gasteiger partial charge in [0.2, 0.25) is 5.91 Å². The van der Waals surface area contributed by atoms with E-state index < -0.39 is 0 Å². The number of rotatable bonds is 6. The predicted octanol–water partition coefficient (Wildman–Crippen LogP) is 0.995. The average molecular weight is 242 g/mol. The summed E-state index contributed by atoms with van der Waals surface area (Å²) in [7, 11) is 1.89. The Hall–Kier alpha value is -0.610. The van der Waals surface area contributed by atoms with Gasteiger partial charge in [-0.3, -0.25) is 4.79 Å². The molecule has 1 heterocycles. The summed E-state index contributed by atoms with van der Waals surface area (Å²) in [5.74, 6) is 0.417. The van der Waals surface area contributed by atoms with Crippen LogP contribution in [0, 0.1) is 5.92 Å². The Kier molecular flexibility index (Phi) is 6.52. The minimum atomic E-state index is 0.145. The van der Waals surface area contributed by atoms with E-state index in [1.54, 1.807) is 0 Å². The van der Waals surface area contributed by atoms with Gasteiger partial charge in [-0.1, -0.05) is 0 Å². The normalized spacial score (nSPS) is 24.6. The molecule has 0 bridgehead atoms. The lowest BCUT2D eigenvalue weighted by atomic mass is 9.91. The molecule has 1 amide bonds. The number of carbonyl (C=O) groups is 1. The smallest absolute Gasteiger partial charge is 0.226 e. The van der Waals surface area contributed by atoms with Gasteiger partial charge in [-0.25, -0.2) is 0 Å². The Morgan fingerprint density at radius 1 is 1.41 bits per heavy atom. The van der Waals surface area contributed by atoms with Gasteiger partial charge in [0.25, 0.3) is 0 Å². The Labute approximate surface area is 104 Å². The van der Waals surface area contributed by atoms with E-state index in [0.29, 0.717) is 6.04 Å². The monoisotopic (exact) mass is 242 g/mol. The minimum absolute atomic E-state index is 0.145. The number of unbranched alkanes of at least 4 members (excludes halogenated alkanes) is 2. The second-order valence-corrected chi connectivity index (χ2v) is 5.04. The summed E-state index contributed by atoms with van der Waals surface area (Å²) >= 11 is 0. The first-order chi connectivity index (χ1) is 8.16. The number of piperidine rings is 1. The highest BCUT2D eigenvalue weighted by molar-refractivity contribution is 5.79. The molecule has 0 spiro atoms. The maximum absolute atomic E-state index is 12.2. The summed E-state index contributed by atoms with van der Waals surface area (Å²) in [4.78, 5) is 14.1. The molecule has 0 aliphatic carbocycles.